The van der Waals surface area contributed by atoms with Crippen LogP contribution >= 0.6 is 0 Å². The molecular weight excluding hydrogens is 377 g/mol. The van der Waals surface area contributed by atoms with Crippen molar-refractivity contribution >= 4 is 29.2 Å². The molecule has 1 N–H and O–H groups in total. The minimum Gasteiger partial charge on any atom is -0.377 e. The number of imide groups is 2. The van der Waals surface area contributed by atoms with Gasteiger partial charge in [-0.05, 0) is 23.8 Å². The number of nitrogens with one attached hydrogen (secondary N) is 1. The first-order valence-corrected chi connectivity index (χ1v) is 9.41. The first-order chi connectivity index (χ1) is 14.0. The van der Waals surface area contributed by atoms with Crippen LogP contribution in [0.2, 0.25) is 0 Å². The molecule has 148 valence electrons. The molecule has 29 heavy (non-hydrogen) atoms. The van der Waals surface area contributed by atoms with Gasteiger partial charge in [0.15, 0.2) is 5.41 Å². The first-order valence-electron chi connectivity index (χ1n) is 9.41. The van der Waals surface area contributed by atoms with Crippen molar-refractivity contribution in [1.29, 1.82) is 0 Å². The second-order valence-electron chi connectivity index (χ2n) is 7.42. The number of para-hydroxylation sites is 2. The Labute approximate surface area is 166 Å². The van der Waals surface area contributed by atoms with Crippen molar-refractivity contribution in [2.75, 3.05) is 29.6 Å². The van der Waals surface area contributed by atoms with Gasteiger partial charge in [0.05, 0.1) is 30.6 Å². The van der Waals surface area contributed by atoms with E-state index in [1.54, 1.807) is 47.4 Å². The summed E-state index contributed by atoms with van der Waals surface area (Å²) in [5, 5.41) is 2.35. The number of nitrogens with zero attached hydrogens (tertiary/aromatic N) is 2. The second-order valence-corrected chi connectivity index (χ2v) is 7.42. The Balaban J connectivity index is 1.69. The minimum absolute atomic E-state index is 0.00804. The Bertz CT molecular complexity index is 1030. The fourth-order valence-corrected chi connectivity index (χ4v) is 4.64. The van der Waals surface area contributed by atoms with E-state index in [0.29, 0.717) is 30.1 Å². The number of halogens is 1. The van der Waals surface area contributed by atoms with Crippen molar-refractivity contribution in [3.8, 4) is 0 Å². The first kappa shape index (κ1) is 17.8. The summed E-state index contributed by atoms with van der Waals surface area (Å²) in [6, 6.07) is 11.6. The number of benzene rings is 2. The summed E-state index contributed by atoms with van der Waals surface area (Å²) in [6.45, 7) is 0.793. The Hall–Kier alpha value is -3.26. The zero-order valence-electron chi connectivity index (χ0n) is 15.4. The van der Waals surface area contributed by atoms with Crippen molar-refractivity contribution in [2.45, 2.75) is 12.5 Å². The highest BCUT2D eigenvalue weighted by Gasteiger charge is 2.63. The van der Waals surface area contributed by atoms with Gasteiger partial charge in [-0.2, -0.15) is 0 Å². The molecule has 3 aliphatic heterocycles. The number of amides is 4. The van der Waals surface area contributed by atoms with Crippen LogP contribution in [0.3, 0.4) is 0 Å². The van der Waals surface area contributed by atoms with E-state index >= 15 is 0 Å². The molecular formula is C21H18FN3O4. The third-order valence-electron chi connectivity index (χ3n) is 5.95. The molecule has 1 spiro atoms. The second kappa shape index (κ2) is 6.38. The molecule has 3 heterocycles. The van der Waals surface area contributed by atoms with Gasteiger partial charge in [-0.1, -0.05) is 30.3 Å². The maximum Gasteiger partial charge on any atom is 0.335 e. The van der Waals surface area contributed by atoms with Crippen molar-refractivity contribution in [2.24, 2.45) is 5.41 Å². The van der Waals surface area contributed by atoms with Crippen molar-refractivity contribution in [3.05, 3.63) is 59.9 Å². The third-order valence-corrected chi connectivity index (χ3v) is 5.95. The fourth-order valence-electron chi connectivity index (χ4n) is 4.64. The molecule has 0 unspecified atom stereocenters. The molecule has 0 radical (unpaired) electrons. The van der Waals surface area contributed by atoms with E-state index in [4.69, 9.17) is 4.74 Å². The lowest BCUT2D eigenvalue weighted by Crippen LogP contribution is -2.74. The summed E-state index contributed by atoms with van der Waals surface area (Å²) < 4.78 is 20.2. The lowest BCUT2D eigenvalue weighted by molar-refractivity contribution is -0.147. The van der Waals surface area contributed by atoms with Crippen LogP contribution in [-0.4, -0.2) is 43.6 Å². The largest absolute Gasteiger partial charge is 0.377 e. The lowest BCUT2D eigenvalue weighted by Gasteiger charge is -2.53. The van der Waals surface area contributed by atoms with E-state index in [9.17, 15) is 18.8 Å². The van der Waals surface area contributed by atoms with E-state index in [0.717, 1.165) is 4.90 Å². The van der Waals surface area contributed by atoms with Crippen molar-refractivity contribution < 1.29 is 23.5 Å². The van der Waals surface area contributed by atoms with Gasteiger partial charge in [-0.3, -0.25) is 14.9 Å². The average molecular weight is 395 g/mol. The molecule has 0 aromatic heterocycles. The Morgan fingerprint density at radius 1 is 1.07 bits per heavy atom. The number of carbonyl (C=O) groups is 3. The number of rotatable bonds is 1. The van der Waals surface area contributed by atoms with Gasteiger partial charge in [-0.25, -0.2) is 14.1 Å². The quantitative estimate of drug-likeness (QED) is 0.746. The fraction of sp³-hybridized carbons (Fsp3) is 0.286. The van der Waals surface area contributed by atoms with Crippen LogP contribution < -0.4 is 15.1 Å². The number of morpholine rings is 1. The van der Waals surface area contributed by atoms with Gasteiger partial charge < -0.3 is 9.64 Å². The molecule has 0 saturated carbocycles. The van der Waals surface area contributed by atoms with Crippen LogP contribution in [0, 0.1) is 11.2 Å². The highest BCUT2D eigenvalue weighted by atomic mass is 19.1. The maximum atomic E-state index is 14.7. The van der Waals surface area contributed by atoms with Crippen LogP contribution in [-0.2, 0) is 20.7 Å². The van der Waals surface area contributed by atoms with Gasteiger partial charge in [0.25, 0.3) is 5.91 Å². The Kier molecular flexibility index (Phi) is 3.92. The van der Waals surface area contributed by atoms with Gasteiger partial charge in [0, 0.05) is 13.0 Å². The number of fused-ring (bicyclic) bond motifs is 4. The minimum atomic E-state index is -1.59. The van der Waals surface area contributed by atoms with Crippen molar-refractivity contribution in [3.63, 3.8) is 0 Å². The standard InChI is InChI=1S/C21H18FN3O4/c22-15-8-4-5-13-11-21(16-12-29-10-9-24(16)17(13)15)18(26)23-20(28)25(19(21)27)14-6-2-1-3-7-14/h1-8,16H,9-12H2,(H,23,26,28)/t16-,21+/m0/s1. The van der Waals surface area contributed by atoms with Crippen molar-refractivity contribution in [1.82, 2.24) is 5.32 Å². The molecule has 5 rings (SSSR count). The molecule has 2 aromatic carbocycles. The summed E-state index contributed by atoms with van der Waals surface area (Å²) in [6.07, 6.45) is -0.00804. The topological polar surface area (TPSA) is 79.0 Å². The molecule has 2 fully saturated rings. The smallest absolute Gasteiger partial charge is 0.335 e. The van der Waals surface area contributed by atoms with Crippen LogP contribution in [0.5, 0.6) is 0 Å². The lowest BCUT2D eigenvalue weighted by atomic mass is 9.68. The monoisotopic (exact) mass is 395 g/mol. The number of hydrogen-bond donors (Lipinski definition) is 1. The number of urea groups is 1. The maximum absolute atomic E-state index is 14.7. The molecule has 3 aliphatic rings. The number of barbiturate groups is 1. The summed E-state index contributed by atoms with van der Waals surface area (Å²) in [7, 11) is 0. The SMILES string of the molecule is O=C1NC(=O)[C@]2(Cc3cccc(F)c3N3CCOC[C@H]32)C(=O)N1c1ccccc1. The molecule has 4 amide bonds. The predicted octanol–water partition coefficient (Wildman–Crippen LogP) is 1.86. The van der Waals surface area contributed by atoms with E-state index in [-0.39, 0.29) is 13.0 Å². The van der Waals surface area contributed by atoms with Gasteiger partial charge in [0.2, 0.25) is 5.91 Å². The summed E-state index contributed by atoms with van der Waals surface area (Å²) in [5.74, 6) is -1.69. The van der Waals surface area contributed by atoms with Gasteiger partial charge >= 0.3 is 6.03 Å². The van der Waals surface area contributed by atoms with Gasteiger partial charge in [0.1, 0.15) is 5.82 Å². The molecule has 0 aliphatic carbocycles. The predicted molar refractivity (Wildman–Crippen MR) is 102 cm³/mol. The summed E-state index contributed by atoms with van der Waals surface area (Å²) in [4.78, 5) is 42.2. The zero-order chi connectivity index (χ0) is 20.2. The highest BCUT2D eigenvalue weighted by molar-refractivity contribution is 6.30. The average Bonchev–Trinajstić information content (AvgIpc) is 2.73. The molecule has 7 nitrogen and oxygen atoms in total. The van der Waals surface area contributed by atoms with Crippen LogP contribution in [0.4, 0.5) is 20.6 Å². The third kappa shape index (κ3) is 2.42. The van der Waals surface area contributed by atoms with Crippen LogP contribution in [0.25, 0.3) is 0 Å². The number of carbonyl (C=O) groups excluding carboxylic acids is 3. The number of hydrogen-bond acceptors (Lipinski definition) is 5. The van der Waals surface area contributed by atoms with E-state index in [2.05, 4.69) is 5.32 Å². The molecule has 2 aromatic rings. The zero-order valence-corrected chi connectivity index (χ0v) is 15.4. The number of ether oxygens (including phenoxy) is 1. The Morgan fingerprint density at radius 3 is 2.66 bits per heavy atom. The van der Waals surface area contributed by atoms with Crippen LogP contribution in [0.15, 0.2) is 48.5 Å². The summed E-state index contributed by atoms with van der Waals surface area (Å²) in [5.41, 5.74) is -0.260. The van der Waals surface area contributed by atoms with Gasteiger partial charge in [-0.15, -0.1) is 0 Å². The molecule has 8 heteroatoms. The molecule has 2 saturated heterocycles. The molecule has 2 atom stereocenters. The van der Waals surface area contributed by atoms with Crippen LogP contribution in [0.1, 0.15) is 5.56 Å². The number of anilines is 2. The highest BCUT2D eigenvalue weighted by Crippen LogP contribution is 2.46. The van der Waals surface area contributed by atoms with E-state index in [1.807, 2.05) is 0 Å². The normalized spacial score (nSPS) is 26.2. The molecule has 0 bridgehead atoms. The van der Waals surface area contributed by atoms with E-state index < -0.39 is 35.1 Å². The van der Waals surface area contributed by atoms with E-state index in [1.165, 1.54) is 6.07 Å². The summed E-state index contributed by atoms with van der Waals surface area (Å²) >= 11 is 0. The Morgan fingerprint density at radius 2 is 1.86 bits per heavy atom.